The standard InChI is InChI=1S/C9H17NO/c1-2-9(11)7-5-3-4-6-8(7)10/h7-8H,2-6,10H2,1H3/t7-,8+/m1/s1. The third-order valence-electron chi connectivity index (χ3n) is 2.58. The van der Waals surface area contributed by atoms with Crippen molar-refractivity contribution in [1.29, 1.82) is 0 Å². The first-order valence-corrected chi connectivity index (χ1v) is 4.54. The van der Waals surface area contributed by atoms with Gasteiger partial charge < -0.3 is 5.73 Å². The number of ketones is 1. The number of carbonyl (C=O) groups excluding carboxylic acids is 1. The Labute approximate surface area is 68.2 Å². The molecule has 1 aliphatic carbocycles. The van der Waals surface area contributed by atoms with Crippen molar-refractivity contribution in [3.8, 4) is 0 Å². The van der Waals surface area contributed by atoms with E-state index in [2.05, 4.69) is 0 Å². The van der Waals surface area contributed by atoms with E-state index >= 15 is 0 Å². The zero-order valence-electron chi connectivity index (χ0n) is 7.18. The number of hydrogen-bond donors (Lipinski definition) is 1. The second-order valence-corrected chi connectivity index (χ2v) is 3.37. The van der Waals surface area contributed by atoms with Crippen LogP contribution < -0.4 is 5.73 Å². The topological polar surface area (TPSA) is 43.1 Å². The minimum absolute atomic E-state index is 0.149. The van der Waals surface area contributed by atoms with Crippen LogP contribution in [0.3, 0.4) is 0 Å². The minimum Gasteiger partial charge on any atom is -0.327 e. The highest BCUT2D eigenvalue weighted by atomic mass is 16.1. The van der Waals surface area contributed by atoms with E-state index in [1.54, 1.807) is 0 Å². The molecule has 0 amide bonds. The molecule has 1 rings (SSSR count). The molecule has 0 unspecified atom stereocenters. The summed E-state index contributed by atoms with van der Waals surface area (Å²) in [5.41, 5.74) is 5.83. The van der Waals surface area contributed by atoms with Gasteiger partial charge in [0.05, 0.1) is 0 Å². The van der Waals surface area contributed by atoms with Crippen LogP contribution >= 0.6 is 0 Å². The zero-order valence-corrected chi connectivity index (χ0v) is 7.18. The van der Waals surface area contributed by atoms with Crippen molar-refractivity contribution in [2.75, 3.05) is 0 Å². The highest BCUT2D eigenvalue weighted by molar-refractivity contribution is 5.81. The van der Waals surface area contributed by atoms with Gasteiger partial charge in [0, 0.05) is 18.4 Å². The molecule has 2 atom stereocenters. The Hall–Kier alpha value is -0.370. The summed E-state index contributed by atoms with van der Waals surface area (Å²) in [4.78, 5) is 11.3. The summed E-state index contributed by atoms with van der Waals surface area (Å²) in [7, 11) is 0. The van der Waals surface area contributed by atoms with Gasteiger partial charge in [0.1, 0.15) is 5.78 Å². The summed E-state index contributed by atoms with van der Waals surface area (Å²) < 4.78 is 0. The summed E-state index contributed by atoms with van der Waals surface area (Å²) in [6, 6.07) is 0.149. The number of rotatable bonds is 2. The molecule has 64 valence electrons. The molecule has 0 aromatic carbocycles. The van der Waals surface area contributed by atoms with E-state index in [0.717, 1.165) is 12.8 Å². The van der Waals surface area contributed by atoms with Crippen LogP contribution in [0, 0.1) is 5.92 Å². The lowest BCUT2D eigenvalue weighted by Gasteiger charge is -2.26. The van der Waals surface area contributed by atoms with Crippen LogP contribution in [0.1, 0.15) is 39.0 Å². The zero-order chi connectivity index (χ0) is 8.27. The van der Waals surface area contributed by atoms with E-state index in [-0.39, 0.29) is 12.0 Å². The SMILES string of the molecule is CCC(=O)[C@@H]1CCCC[C@@H]1N. The fraction of sp³-hybridized carbons (Fsp3) is 0.889. The fourth-order valence-electron chi connectivity index (χ4n) is 1.82. The molecule has 1 saturated carbocycles. The maximum absolute atomic E-state index is 11.3. The maximum atomic E-state index is 11.3. The Morgan fingerprint density at radius 2 is 2.09 bits per heavy atom. The van der Waals surface area contributed by atoms with Crippen LogP contribution in [0.15, 0.2) is 0 Å². The Kier molecular flexibility index (Phi) is 3.06. The highest BCUT2D eigenvalue weighted by Gasteiger charge is 2.26. The second kappa shape index (κ2) is 3.86. The molecule has 0 bridgehead atoms. The second-order valence-electron chi connectivity index (χ2n) is 3.37. The number of hydrogen-bond acceptors (Lipinski definition) is 2. The molecular formula is C9H17NO. The molecule has 11 heavy (non-hydrogen) atoms. The molecule has 0 aromatic rings. The third kappa shape index (κ3) is 2.03. The predicted octanol–water partition coefficient (Wildman–Crippen LogP) is 1.48. The minimum atomic E-state index is 0.149. The first kappa shape index (κ1) is 8.72. The van der Waals surface area contributed by atoms with Crippen LogP contribution in [0.4, 0.5) is 0 Å². The van der Waals surface area contributed by atoms with Crippen LogP contribution in [0.2, 0.25) is 0 Å². The van der Waals surface area contributed by atoms with Crippen molar-refractivity contribution in [3.63, 3.8) is 0 Å². The van der Waals surface area contributed by atoms with E-state index in [1.807, 2.05) is 6.92 Å². The Balaban J connectivity index is 2.47. The summed E-state index contributed by atoms with van der Waals surface area (Å²) in [6.07, 6.45) is 5.10. The first-order chi connectivity index (χ1) is 5.25. The van der Waals surface area contributed by atoms with Gasteiger partial charge >= 0.3 is 0 Å². The molecule has 0 spiro atoms. The lowest BCUT2D eigenvalue weighted by molar-refractivity contribution is -0.123. The van der Waals surface area contributed by atoms with Crippen LogP contribution in [-0.2, 0) is 4.79 Å². The quantitative estimate of drug-likeness (QED) is 0.656. The van der Waals surface area contributed by atoms with E-state index in [0.29, 0.717) is 12.2 Å². The van der Waals surface area contributed by atoms with Gasteiger partial charge in [0.25, 0.3) is 0 Å². The summed E-state index contributed by atoms with van der Waals surface area (Å²) in [6.45, 7) is 1.92. The predicted molar refractivity (Wildman–Crippen MR) is 45.2 cm³/mol. The van der Waals surface area contributed by atoms with Crippen LogP contribution in [0.5, 0.6) is 0 Å². The first-order valence-electron chi connectivity index (χ1n) is 4.54. The van der Waals surface area contributed by atoms with Crippen LogP contribution in [-0.4, -0.2) is 11.8 Å². The number of nitrogens with two attached hydrogens (primary N) is 1. The Morgan fingerprint density at radius 1 is 1.45 bits per heavy atom. The van der Waals surface area contributed by atoms with Crippen molar-refractivity contribution >= 4 is 5.78 Å². The number of carbonyl (C=O) groups is 1. The molecule has 2 nitrogen and oxygen atoms in total. The summed E-state index contributed by atoms with van der Waals surface area (Å²) in [5.74, 6) is 0.533. The van der Waals surface area contributed by atoms with Crippen LogP contribution in [0.25, 0.3) is 0 Å². The van der Waals surface area contributed by atoms with Crippen molar-refractivity contribution < 1.29 is 4.79 Å². The van der Waals surface area contributed by atoms with Gasteiger partial charge in [-0.1, -0.05) is 19.8 Å². The van der Waals surface area contributed by atoms with E-state index < -0.39 is 0 Å². The molecule has 1 fully saturated rings. The Morgan fingerprint density at radius 3 is 2.64 bits per heavy atom. The molecule has 0 saturated heterocycles. The smallest absolute Gasteiger partial charge is 0.137 e. The van der Waals surface area contributed by atoms with E-state index in [4.69, 9.17) is 5.73 Å². The highest BCUT2D eigenvalue weighted by Crippen LogP contribution is 2.24. The summed E-state index contributed by atoms with van der Waals surface area (Å²) >= 11 is 0. The average molecular weight is 155 g/mol. The van der Waals surface area contributed by atoms with Gasteiger partial charge in [-0.2, -0.15) is 0 Å². The molecule has 2 heteroatoms. The van der Waals surface area contributed by atoms with Gasteiger partial charge in [-0.3, -0.25) is 4.79 Å². The monoisotopic (exact) mass is 155 g/mol. The van der Waals surface area contributed by atoms with Crippen molar-refractivity contribution in [1.82, 2.24) is 0 Å². The van der Waals surface area contributed by atoms with Gasteiger partial charge in [0.15, 0.2) is 0 Å². The lowest BCUT2D eigenvalue weighted by atomic mass is 9.82. The van der Waals surface area contributed by atoms with Gasteiger partial charge in [-0.05, 0) is 12.8 Å². The molecule has 0 aliphatic heterocycles. The van der Waals surface area contributed by atoms with Crippen molar-refractivity contribution in [2.45, 2.75) is 45.1 Å². The van der Waals surface area contributed by atoms with Crippen molar-refractivity contribution in [2.24, 2.45) is 11.7 Å². The average Bonchev–Trinajstić information content (AvgIpc) is 2.04. The largest absolute Gasteiger partial charge is 0.327 e. The van der Waals surface area contributed by atoms with Gasteiger partial charge in [-0.15, -0.1) is 0 Å². The lowest BCUT2D eigenvalue weighted by Crippen LogP contribution is -2.37. The molecule has 0 aromatic heterocycles. The number of Topliss-reactive ketones (excluding diaryl/α,β-unsaturated/α-hetero) is 1. The molecular weight excluding hydrogens is 138 g/mol. The normalized spacial score (nSPS) is 31.8. The fourth-order valence-corrected chi connectivity index (χ4v) is 1.82. The Bertz CT molecular complexity index is 144. The molecule has 0 heterocycles. The van der Waals surface area contributed by atoms with Gasteiger partial charge in [0.2, 0.25) is 0 Å². The van der Waals surface area contributed by atoms with E-state index in [9.17, 15) is 4.79 Å². The third-order valence-corrected chi connectivity index (χ3v) is 2.58. The van der Waals surface area contributed by atoms with Crippen molar-refractivity contribution in [3.05, 3.63) is 0 Å². The maximum Gasteiger partial charge on any atom is 0.137 e. The molecule has 0 radical (unpaired) electrons. The summed E-state index contributed by atoms with van der Waals surface area (Å²) in [5, 5.41) is 0. The van der Waals surface area contributed by atoms with E-state index in [1.165, 1.54) is 12.8 Å². The molecule has 1 aliphatic rings. The van der Waals surface area contributed by atoms with Gasteiger partial charge in [-0.25, -0.2) is 0 Å². The molecule has 2 N–H and O–H groups in total.